The molecule has 0 unspecified atom stereocenters. The Morgan fingerprint density at radius 2 is 2.06 bits per heavy atom. The molecule has 1 fully saturated rings. The summed E-state index contributed by atoms with van der Waals surface area (Å²) >= 11 is 0. The first-order valence-electron chi connectivity index (χ1n) is 5.54. The zero-order valence-corrected chi connectivity index (χ0v) is 11.2. The van der Waals surface area contributed by atoms with Gasteiger partial charge in [0.05, 0.1) is 18.7 Å². The first kappa shape index (κ1) is 15.7. The maximum absolute atomic E-state index is 11.5. The van der Waals surface area contributed by atoms with Gasteiger partial charge >= 0.3 is 0 Å². The Labute approximate surface area is 104 Å². The molecule has 2 N–H and O–H groups in total. The van der Waals surface area contributed by atoms with Crippen LogP contribution >= 0.6 is 12.4 Å². The molecule has 0 aliphatic heterocycles. The van der Waals surface area contributed by atoms with Gasteiger partial charge in [-0.15, -0.1) is 12.4 Å². The van der Waals surface area contributed by atoms with Gasteiger partial charge in [0.2, 0.25) is 5.91 Å². The van der Waals surface area contributed by atoms with Gasteiger partial charge in [-0.3, -0.25) is 4.79 Å². The van der Waals surface area contributed by atoms with Gasteiger partial charge in [0.15, 0.2) is 0 Å². The molecule has 0 aromatic rings. The summed E-state index contributed by atoms with van der Waals surface area (Å²) in [5.41, 5.74) is -0.285. The number of hydrogen-bond donors (Lipinski definition) is 2. The fourth-order valence-electron chi connectivity index (χ4n) is 1.53. The minimum Gasteiger partial charge on any atom is -0.382 e. The monoisotopic (exact) mass is 250 g/mol. The molecule has 0 aromatic carbocycles. The van der Waals surface area contributed by atoms with Gasteiger partial charge in [0.1, 0.15) is 0 Å². The molecule has 0 bridgehead atoms. The van der Waals surface area contributed by atoms with Crippen molar-refractivity contribution in [3.05, 3.63) is 0 Å². The smallest absolute Gasteiger partial charge is 0.234 e. The van der Waals surface area contributed by atoms with E-state index < -0.39 is 0 Å². The van der Waals surface area contributed by atoms with E-state index in [2.05, 4.69) is 10.6 Å². The third kappa shape index (κ3) is 7.04. The van der Waals surface area contributed by atoms with Crippen LogP contribution in [0.2, 0.25) is 0 Å². The third-order valence-electron chi connectivity index (χ3n) is 2.40. The highest BCUT2D eigenvalue weighted by atomic mass is 35.5. The average Bonchev–Trinajstić information content (AvgIpc) is 2.86. The maximum atomic E-state index is 11.5. The van der Waals surface area contributed by atoms with Gasteiger partial charge in [-0.25, -0.2) is 0 Å². The highest BCUT2D eigenvalue weighted by Crippen LogP contribution is 2.27. The molecule has 1 rings (SSSR count). The van der Waals surface area contributed by atoms with Gasteiger partial charge in [0, 0.05) is 7.11 Å². The van der Waals surface area contributed by atoms with Gasteiger partial charge in [-0.05, 0) is 39.2 Å². The van der Waals surface area contributed by atoms with Crippen LogP contribution in [0.1, 0.15) is 26.7 Å². The molecule has 1 aliphatic carbocycles. The van der Waals surface area contributed by atoms with E-state index in [1.54, 1.807) is 7.11 Å². The van der Waals surface area contributed by atoms with Crippen molar-refractivity contribution >= 4 is 18.3 Å². The predicted molar refractivity (Wildman–Crippen MR) is 66.9 cm³/mol. The van der Waals surface area contributed by atoms with Crippen LogP contribution in [0.5, 0.6) is 0 Å². The van der Waals surface area contributed by atoms with Crippen LogP contribution in [-0.2, 0) is 9.53 Å². The Morgan fingerprint density at radius 1 is 1.44 bits per heavy atom. The lowest BCUT2D eigenvalue weighted by molar-refractivity contribution is -0.122. The van der Waals surface area contributed by atoms with Crippen molar-refractivity contribution in [3.8, 4) is 0 Å². The number of rotatable bonds is 7. The van der Waals surface area contributed by atoms with Gasteiger partial charge in [0.25, 0.3) is 0 Å². The summed E-state index contributed by atoms with van der Waals surface area (Å²) in [6.45, 7) is 5.81. The Morgan fingerprint density at radius 3 is 2.56 bits per heavy atom. The zero-order chi connectivity index (χ0) is 11.3. The molecule has 1 saturated carbocycles. The lowest BCUT2D eigenvalue weighted by Gasteiger charge is -2.25. The van der Waals surface area contributed by atoms with Crippen LogP contribution in [0.4, 0.5) is 0 Å². The normalized spacial score (nSPS) is 15.4. The van der Waals surface area contributed by atoms with E-state index in [0.29, 0.717) is 13.2 Å². The van der Waals surface area contributed by atoms with Crippen LogP contribution < -0.4 is 10.6 Å². The molecule has 16 heavy (non-hydrogen) atoms. The Balaban J connectivity index is 0.00000225. The quantitative estimate of drug-likeness (QED) is 0.708. The molecule has 0 heterocycles. The SMILES string of the molecule is COCC(C)(C)NC(=O)CNCC1CC1.Cl. The molecular formula is C11H23ClN2O2. The molecule has 0 saturated heterocycles. The second kappa shape index (κ2) is 7.09. The molecular weight excluding hydrogens is 228 g/mol. The van der Waals surface area contributed by atoms with Crippen molar-refractivity contribution in [2.75, 3.05) is 26.8 Å². The highest BCUT2D eigenvalue weighted by molar-refractivity contribution is 5.85. The molecule has 0 spiro atoms. The number of ether oxygens (including phenoxy) is 1. The van der Waals surface area contributed by atoms with E-state index in [4.69, 9.17) is 4.74 Å². The van der Waals surface area contributed by atoms with Crippen LogP contribution in [0.3, 0.4) is 0 Å². The van der Waals surface area contributed by atoms with Crippen molar-refractivity contribution < 1.29 is 9.53 Å². The third-order valence-corrected chi connectivity index (χ3v) is 2.40. The van der Waals surface area contributed by atoms with Crippen molar-refractivity contribution in [2.24, 2.45) is 5.92 Å². The van der Waals surface area contributed by atoms with Crippen molar-refractivity contribution in [3.63, 3.8) is 0 Å². The molecule has 0 atom stereocenters. The van der Waals surface area contributed by atoms with Gasteiger partial charge in [-0.2, -0.15) is 0 Å². The minimum atomic E-state index is -0.285. The first-order chi connectivity index (χ1) is 7.03. The van der Waals surface area contributed by atoms with Crippen LogP contribution in [-0.4, -0.2) is 38.3 Å². The summed E-state index contributed by atoms with van der Waals surface area (Å²) < 4.78 is 5.03. The van der Waals surface area contributed by atoms with Crippen molar-refractivity contribution in [2.45, 2.75) is 32.2 Å². The molecule has 0 radical (unpaired) electrons. The summed E-state index contributed by atoms with van der Waals surface area (Å²) in [5, 5.41) is 6.08. The highest BCUT2D eigenvalue weighted by Gasteiger charge is 2.22. The Hall–Kier alpha value is -0.320. The maximum Gasteiger partial charge on any atom is 0.234 e. The molecule has 1 amide bonds. The fourth-order valence-corrected chi connectivity index (χ4v) is 1.53. The summed E-state index contributed by atoms with van der Waals surface area (Å²) in [5.74, 6) is 0.850. The van der Waals surface area contributed by atoms with E-state index >= 15 is 0 Å². The molecule has 5 heteroatoms. The first-order valence-corrected chi connectivity index (χ1v) is 5.54. The largest absolute Gasteiger partial charge is 0.382 e. The summed E-state index contributed by atoms with van der Waals surface area (Å²) in [7, 11) is 1.64. The number of hydrogen-bond acceptors (Lipinski definition) is 3. The van der Waals surface area contributed by atoms with Gasteiger partial charge < -0.3 is 15.4 Å². The topological polar surface area (TPSA) is 50.4 Å². The van der Waals surface area contributed by atoms with E-state index in [1.165, 1.54) is 12.8 Å². The summed E-state index contributed by atoms with van der Waals surface area (Å²) in [4.78, 5) is 11.5. The van der Waals surface area contributed by atoms with E-state index in [0.717, 1.165) is 12.5 Å². The molecule has 4 nitrogen and oxygen atoms in total. The Kier molecular flexibility index (Phi) is 6.95. The second-order valence-corrected chi connectivity index (χ2v) is 4.94. The second-order valence-electron chi connectivity index (χ2n) is 4.94. The van der Waals surface area contributed by atoms with Crippen LogP contribution in [0.15, 0.2) is 0 Å². The van der Waals surface area contributed by atoms with E-state index in [-0.39, 0.29) is 23.9 Å². The number of carbonyl (C=O) groups is 1. The van der Waals surface area contributed by atoms with Crippen LogP contribution in [0, 0.1) is 5.92 Å². The predicted octanol–water partition coefficient (Wildman–Crippen LogP) is 0.949. The van der Waals surface area contributed by atoms with E-state index in [1.807, 2.05) is 13.8 Å². The van der Waals surface area contributed by atoms with Gasteiger partial charge in [-0.1, -0.05) is 0 Å². The lowest BCUT2D eigenvalue weighted by atomic mass is 10.1. The number of halogens is 1. The van der Waals surface area contributed by atoms with Crippen molar-refractivity contribution in [1.82, 2.24) is 10.6 Å². The lowest BCUT2D eigenvalue weighted by Crippen LogP contribution is -2.49. The number of amides is 1. The summed E-state index contributed by atoms with van der Waals surface area (Å²) in [6, 6.07) is 0. The number of methoxy groups -OCH3 is 1. The van der Waals surface area contributed by atoms with Crippen LogP contribution in [0.25, 0.3) is 0 Å². The molecule has 0 aromatic heterocycles. The van der Waals surface area contributed by atoms with Crippen molar-refractivity contribution in [1.29, 1.82) is 0 Å². The minimum absolute atomic E-state index is 0. The number of carbonyl (C=O) groups excluding carboxylic acids is 1. The molecule has 1 aliphatic rings. The molecule has 96 valence electrons. The fraction of sp³-hybridized carbons (Fsp3) is 0.909. The van der Waals surface area contributed by atoms with E-state index in [9.17, 15) is 4.79 Å². The zero-order valence-electron chi connectivity index (χ0n) is 10.3. The number of nitrogens with one attached hydrogen (secondary N) is 2. The summed E-state index contributed by atoms with van der Waals surface area (Å²) in [6.07, 6.45) is 2.62. The average molecular weight is 251 g/mol. The standard InChI is InChI=1S/C11H22N2O2.ClH/c1-11(2,8-15-3)13-10(14)7-12-6-9-4-5-9;/h9,12H,4-8H2,1-3H3,(H,13,14);1H. The Bertz CT molecular complexity index is 218.